The Labute approximate surface area is 53.8 Å². The molecule has 0 rings (SSSR count). The molecule has 9 heavy (non-hydrogen) atoms. The van der Waals surface area contributed by atoms with Gasteiger partial charge in [0, 0.05) is 7.05 Å². The van der Waals surface area contributed by atoms with E-state index in [1.807, 2.05) is 0 Å². The summed E-state index contributed by atoms with van der Waals surface area (Å²) in [5, 5.41) is 0. The SMILES string of the molecule is C=C(F)/C(C)=N\C=N/C. The third-order valence-corrected chi connectivity index (χ3v) is 0.759. The fraction of sp³-hybridized carbons (Fsp3) is 0.333. The second-order valence-corrected chi connectivity index (χ2v) is 1.49. The molecule has 0 aromatic heterocycles. The van der Waals surface area contributed by atoms with Gasteiger partial charge >= 0.3 is 0 Å². The summed E-state index contributed by atoms with van der Waals surface area (Å²) in [6, 6.07) is 0. The minimum absolute atomic E-state index is 0.264. The quantitative estimate of drug-likeness (QED) is 0.398. The summed E-state index contributed by atoms with van der Waals surface area (Å²) in [4.78, 5) is 7.13. The topological polar surface area (TPSA) is 24.7 Å². The van der Waals surface area contributed by atoms with Gasteiger partial charge in [-0.25, -0.2) is 9.38 Å². The van der Waals surface area contributed by atoms with Crippen LogP contribution in [-0.2, 0) is 0 Å². The van der Waals surface area contributed by atoms with Crippen LogP contribution in [0, 0.1) is 0 Å². The maximum atomic E-state index is 12.0. The lowest BCUT2D eigenvalue weighted by molar-refractivity contribution is 0.685. The molecular formula is C6H9FN2. The molecule has 0 aromatic carbocycles. The summed E-state index contributed by atoms with van der Waals surface area (Å²) in [6.07, 6.45) is 1.28. The Kier molecular flexibility index (Phi) is 3.51. The number of nitrogens with zero attached hydrogens (tertiary/aromatic N) is 2. The van der Waals surface area contributed by atoms with Crippen molar-refractivity contribution >= 4 is 12.1 Å². The number of hydrogen-bond acceptors (Lipinski definition) is 1. The first-order valence-electron chi connectivity index (χ1n) is 2.48. The van der Waals surface area contributed by atoms with E-state index in [1.165, 1.54) is 13.3 Å². The maximum Gasteiger partial charge on any atom is 0.137 e. The van der Waals surface area contributed by atoms with E-state index in [2.05, 4.69) is 16.6 Å². The monoisotopic (exact) mass is 128 g/mol. The van der Waals surface area contributed by atoms with Gasteiger partial charge in [-0.1, -0.05) is 6.58 Å². The van der Waals surface area contributed by atoms with E-state index >= 15 is 0 Å². The fourth-order valence-corrected chi connectivity index (χ4v) is 0.214. The summed E-state index contributed by atoms with van der Waals surface area (Å²) in [5.41, 5.74) is 0.264. The first kappa shape index (κ1) is 8.01. The third-order valence-electron chi connectivity index (χ3n) is 0.759. The summed E-state index contributed by atoms with van der Waals surface area (Å²) < 4.78 is 12.0. The Balaban J connectivity index is 4.00. The molecular weight excluding hydrogens is 119 g/mol. The molecule has 0 aliphatic heterocycles. The molecule has 0 N–H and O–H groups in total. The van der Waals surface area contributed by atoms with Crippen molar-refractivity contribution in [3.63, 3.8) is 0 Å². The standard InChI is InChI=1S/C6H9FN2/c1-5(7)6(2)9-4-8-3/h4H,1H2,2-3H3/b8-4-,9-6-. The molecule has 3 heteroatoms. The minimum Gasteiger partial charge on any atom is -0.277 e. The molecule has 0 heterocycles. The van der Waals surface area contributed by atoms with E-state index in [-0.39, 0.29) is 5.71 Å². The van der Waals surface area contributed by atoms with E-state index in [9.17, 15) is 4.39 Å². The first-order chi connectivity index (χ1) is 4.18. The molecule has 0 radical (unpaired) electrons. The zero-order chi connectivity index (χ0) is 7.28. The van der Waals surface area contributed by atoms with Crippen molar-refractivity contribution in [2.24, 2.45) is 9.98 Å². The molecule has 0 saturated carbocycles. The van der Waals surface area contributed by atoms with Crippen molar-refractivity contribution in [3.05, 3.63) is 12.4 Å². The van der Waals surface area contributed by atoms with Gasteiger partial charge in [0.05, 0.1) is 5.71 Å². The second-order valence-electron chi connectivity index (χ2n) is 1.49. The van der Waals surface area contributed by atoms with Crippen molar-refractivity contribution in [2.45, 2.75) is 6.92 Å². The van der Waals surface area contributed by atoms with Crippen molar-refractivity contribution in [1.29, 1.82) is 0 Å². The Bertz CT molecular complexity index is 158. The summed E-state index contributed by atoms with van der Waals surface area (Å²) in [6.45, 7) is 4.58. The summed E-state index contributed by atoms with van der Waals surface area (Å²) in [5.74, 6) is -0.519. The average Bonchev–Trinajstić information content (AvgIpc) is 1.82. The summed E-state index contributed by atoms with van der Waals surface area (Å²) in [7, 11) is 1.57. The molecule has 0 aromatic rings. The van der Waals surface area contributed by atoms with Crippen molar-refractivity contribution < 1.29 is 4.39 Å². The summed E-state index contributed by atoms with van der Waals surface area (Å²) >= 11 is 0. The molecule has 0 aliphatic rings. The normalized spacial score (nSPS) is 12.6. The number of halogens is 1. The van der Waals surface area contributed by atoms with Crippen LogP contribution >= 0.6 is 0 Å². The second kappa shape index (κ2) is 3.95. The predicted molar refractivity (Wildman–Crippen MR) is 37.8 cm³/mol. The Morgan fingerprint density at radius 2 is 2.22 bits per heavy atom. The van der Waals surface area contributed by atoms with Crippen LogP contribution in [0.5, 0.6) is 0 Å². The van der Waals surface area contributed by atoms with Crippen LogP contribution in [0.3, 0.4) is 0 Å². The molecule has 2 nitrogen and oxygen atoms in total. The molecule has 0 fully saturated rings. The predicted octanol–water partition coefficient (Wildman–Crippen LogP) is 1.59. The van der Waals surface area contributed by atoms with Gasteiger partial charge in [-0.2, -0.15) is 0 Å². The van der Waals surface area contributed by atoms with Gasteiger partial charge in [-0.05, 0) is 6.92 Å². The van der Waals surface area contributed by atoms with Crippen LogP contribution < -0.4 is 0 Å². The van der Waals surface area contributed by atoms with E-state index in [1.54, 1.807) is 7.05 Å². The average molecular weight is 128 g/mol. The lowest BCUT2D eigenvalue weighted by Gasteiger charge is -1.87. The Morgan fingerprint density at radius 1 is 1.67 bits per heavy atom. The van der Waals surface area contributed by atoms with Gasteiger partial charge in [-0.3, -0.25) is 4.99 Å². The van der Waals surface area contributed by atoms with Crippen LogP contribution in [0.2, 0.25) is 0 Å². The Morgan fingerprint density at radius 3 is 2.56 bits per heavy atom. The van der Waals surface area contributed by atoms with Crippen molar-refractivity contribution in [1.82, 2.24) is 0 Å². The molecule has 50 valence electrons. The highest BCUT2D eigenvalue weighted by Crippen LogP contribution is 1.93. The zero-order valence-corrected chi connectivity index (χ0v) is 5.56. The largest absolute Gasteiger partial charge is 0.277 e. The Hall–Kier alpha value is -0.990. The van der Waals surface area contributed by atoms with E-state index in [4.69, 9.17) is 0 Å². The van der Waals surface area contributed by atoms with E-state index < -0.39 is 5.83 Å². The molecule has 0 unspecified atom stereocenters. The van der Waals surface area contributed by atoms with Crippen LogP contribution in [0.1, 0.15) is 6.92 Å². The van der Waals surface area contributed by atoms with Crippen molar-refractivity contribution in [3.8, 4) is 0 Å². The zero-order valence-electron chi connectivity index (χ0n) is 5.56. The van der Waals surface area contributed by atoms with Gasteiger partial charge in [-0.15, -0.1) is 0 Å². The highest BCUT2D eigenvalue weighted by Gasteiger charge is 1.90. The molecule has 0 spiro atoms. The highest BCUT2D eigenvalue weighted by molar-refractivity contribution is 5.99. The van der Waals surface area contributed by atoms with Crippen LogP contribution in [0.15, 0.2) is 22.4 Å². The van der Waals surface area contributed by atoms with Crippen molar-refractivity contribution in [2.75, 3.05) is 7.05 Å². The molecule has 0 saturated heterocycles. The lowest BCUT2D eigenvalue weighted by Crippen LogP contribution is -1.89. The molecule has 0 amide bonds. The van der Waals surface area contributed by atoms with Gasteiger partial charge in [0.25, 0.3) is 0 Å². The molecule has 0 aliphatic carbocycles. The number of hydrogen-bond donors (Lipinski definition) is 0. The number of aliphatic imine (C=N–C) groups is 2. The maximum absolute atomic E-state index is 12.0. The fourth-order valence-electron chi connectivity index (χ4n) is 0.214. The minimum atomic E-state index is -0.519. The smallest absolute Gasteiger partial charge is 0.137 e. The highest BCUT2D eigenvalue weighted by atomic mass is 19.1. The molecule has 0 bridgehead atoms. The van der Waals surface area contributed by atoms with Crippen LogP contribution in [0.25, 0.3) is 0 Å². The lowest BCUT2D eigenvalue weighted by atomic mass is 10.4. The van der Waals surface area contributed by atoms with E-state index in [0.717, 1.165) is 0 Å². The first-order valence-corrected chi connectivity index (χ1v) is 2.48. The number of allylic oxidation sites excluding steroid dienone is 1. The molecule has 0 atom stereocenters. The number of rotatable bonds is 2. The third kappa shape index (κ3) is 3.58. The van der Waals surface area contributed by atoms with E-state index in [0.29, 0.717) is 0 Å². The van der Waals surface area contributed by atoms with Gasteiger partial charge < -0.3 is 0 Å². The van der Waals surface area contributed by atoms with Gasteiger partial charge in [0.1, 0.15) is 12.2 Å². The van der Waals surface area contributed by atoms with Crippen LogP contribution in [-0.4, -0.2) is 19.1 Å². The van der Waals surface area contributed by atoms with Gasteiger partial charge in [0.2, 0.25) is 0 Å². The van der Waals surface area contributed by atoms with Crippen LogP contribution in [0.4, 0.5) is 4.39 Å². The van der Waals surface area contributed by atoms with Gasteiger partial charge in [0.15, 0.2) is 0 Å².